The van der Waals surface area contributed by atoms with E-state index < -0.39 is 10.1 Å². The van der Waals surface area contributed by atoms with Crippen LogP contribution in [0.25, 0.3) is 5.57 Å². The molecule has 1 atom stereocenters. The summed E-state index contributed by atoms with van der Waals surface area (Å²) in [5, 5.41) is 0. The number of rotatable bonds is 1. The van der Waals surface area contributed by atoms with Gasteiger partial charge in [0.1, 0.15) is 0 Å². The van der Waals surface area contributed by atoms with Gasteiger partial charge in [0.15, 0.2) is 0 Å². The van der Waals surface area contributed by atoms with Crippen LogP contribution in [0, 0.1) is 0 Å². The standard InChI is InChI=1S/C12H12N.CH4O3S.Pd/c13-12-9-5-4-8-11(12)10-6-2-1-3-7-10;1-5(2,3)4;/h1-8H,9,13H2;1H3,(H,2,3,4);/q;;+1/p-1. The van der Waals surface area contributed by atoms with Crippen molar-refractivity contribution in [3.05, 3.63) is 54.1 Å². The first-order valence-electron chi connectivity index (χ1n) is 5.48. The molecule has 0 saturated heterocycles. The van der Waals surface area contributed by atoms with E-state index in [9.17, 15) is 0 Å². The second kappa shape index (κ2) is 6.60. The Labute approximate surface area is 124 Å². The predicted molar refractivity (Wildman–Crippen MR) is 70.7 cm³/mol. The van der Waals surface area contributed by atoms with Gasteiger partial charge >= 0.3 is 95.1 Å². The van der Waals surface area contributed by atoms with Crippen LogP contribution in [-0.4, -0.2) is 23.2 Å². The molecule has 2 rings (SSSR count). The normalized spacial score (nSPS) is 22.3. The summed E-state index contributed by atoms with van der Waals surface area (Å²) in [6.07, 6.45) is 7.66. The van der Waals surface area contributed by atoms with E-state index in [1.54, 1.807) is 0 Å². The second-order valence-electron chi connectivity index (χ2n) is 4.09. The zero-order chi connectivity index (χ0) is 14.5. The molecule has 1 aromatic carbocycles. The zero-order valence-electron chi connectivity index (χ0n) is 10.4. The van der Waals surface area contributed by atoms with Gasteiger partial charge < -0.3 is 4.55 Å². The third-order valence-electron chi connectivity index (χ3n) is 2.32. The van der Waals surface area contributed by atoms with Crippen LogP contribution in [-0.2, 0) is 29.3 Å². The zero-order valence-corrected chi connectivity index (χ0v) is 12.7. The number of allylic oxidation sites excluding steroid dienone is 2. The summed E-state index contributed by atoms with van der Waals surface area (Å²) < 4.78 is 26.9. The van der Waals surface area contributed by atoms with Crippen LogP contribution in [0.4, 0.5) is 0 Å². The monoisotopic (exact) mass is 371 g/mol. The van der Waals surface area contributed by atoms with E-state index in [4.69, 9.17) is 18.7 Å². The molecule has 0 aliphatic heterocycles. The molecule has 19 heavy (non-hydrogen) atoms. The Kier molecular flexibility index (Phi) is 5.66. The average molecular weight is 372 g/mol. The molecule has 6 heteroatoms. The van der Waals surface area contributed by atoms with Gasteiger partial charge in [-0.15, -0.1) is 0 Å². The van der Waals surface area contributed by atoms with Crippen LogP contribution < -0.4 is 5.73 Å². The van der Waals surface area contributed by atoms with Gasteiger partial charge in [-0.25, -0.2) is 8.42 Å². The van der Waals surface area contributed by atoms with Gasteiger partial charge in [0.05, 0.1) is 10.1 Å². The van der Waals surface area contributed by atoms with E-state index in [1.165, 1.54) is 5.56 Å². The molecule has 0 aromatic heterocycles. The third-order valence-corrected chi connectivity index (χ3v) is 3.05. The van der Waals surface area contributed by atoms with E-state index in [0.717, 1.165) is 12.0 Å². The van der Waals surface area contributed by atoms with E-state index in [-0.39, 0.29) is 4.01 Å². The van der Waals surface area contributed by atoms with Gasteiger partial charge in [0, 0.05) is 6.26 Å². The van der Waals surface area contributed by atoms with Gasteiger partial charge in [0.2, 0.25) is 0 Å². The molecular formula is C13H15NO3PdS. The molecular weight excluding hydrogens is 357 g/mol. The number of hydrogen-bond acceptors (Lipinski definition) is 4. The summed E-state index contributed by atoms with van der Waals surface area (Å²) in [7, 11) is -3.92. The van der Waals surface area contributed by atoms with Crippen molar-refractivity contribution in [1.82, 2.24) is 0 Å². The molecule has 1 aromatic rings. The first-order chi connectivity index (χ1) is 8.70. The molecule has 4 nitrogen and oxygen atoms in total. The van der Waals surface area contributed by atoms with Crippen LogP contribution in [0.1, 0.15) is 12.0 Å². The summed E-state index contributed by atoms with van der Waals surface area (Å²) in [6.45, 7) is 0. The fourth-order valence-corrected chi connectivity index (χ4v) is 2.12. The number of nitrogens with two attached hydrogens (primary N) is 1. The molecule has 0 spiro atoms. The van der Waals surface area contributed by atoms with Crippen LogP contribution in [0.5, 0.6) is 0 Å². The summed E-state index contributed by atoms with van der Waals surface area (Å²) in [5.74, 6) is 0. The Morgan fingerprint density at radius 3 is 2.32 bits per heavy atom. The molecule has 1 aliphatic carbocycles. The first-order valence-corrected chi connectivity index (χ1v) is 8.08. The Morgan fingerprint density at radius 1 is 1.32 bits per heavy atom. The second-order valence-corrected chi connectivity index (χ2v) is 6.89. The fourth-order valence-electron chi connectivity index (χ4n) is 1.58. The molecule has 0 saturated carbocycles. The van der Waals surface area contributed by atoms with Crippen LogP contribution in [0.15, 0.2) is 48.6 Å². The molecule has 0 fully saturated rings. The van der Waals surface area contributed by atoms with Crippen molar-refractivity contribution in [2.24, 2.45) is 5.73 Å². The summed E-state index contributed by atoms with van der Waals surface area (Å²) in [4.78, 5) is 0. The molecule has 0 bridgehead atoms. The molecule has 2 N–H and O–H groups in total. The van der Waals surface area contributed by atoms with Crippen molar-refractivity contribution in [3.63, 3.8) is 0 Å². The van der Waals surface area contributed by atoms with Gasteiger partial charge in [-0.3, -0.25) is 0 Å². The van der Waals surface area contributed by atoms with E-state index in [2.05, 4.69) is 49.6 Å². The molecule has 0 radical (unpaired) electrons. The van der Waals surface area contributed by atoms with Crippen LogP contribution >= 0.6 is 0 Å². The van der Waals surface area contributed by atoms with Crippen molar-refractivity contribution in [3.8, 4) is 0 Å². The minimum absolute atomic E-state index is 0.376. The van der Waals surface area contributed by atoms with Crippen molar-refractivity contribution in [1.29, 1.82) is 0 Å². The maximum atomic E-state index is 9.08. The van der Waals surface area contributed by atoms with Gasteiger partial charge in [0.25, 0.3) is 0 Å². The fraction of sp³-hybridized carbons (Fsp3) is 0.231. The Morgan fingerprint density at radius 2 is 1.84 bits per heavy atom. The molecule has 1 unspecified atom stereocenters. The summed E-state index contributed by atoms with van der Waals surface area (Å²) in [5.41, 5.74) is 8.51. The topological polar surface area (TPSA) is 83.2 Å². The molecule has 0 amide bonds. The van der Waals surface area contributed by atoms with Crippen LogP contribution in [0.2, 0.25) is 0 Å². The minimum atomic E-state index is -3.92. The Hall–Kier alpha value is -0.768. The van der Waals surface area contributed by atoms with Crippen molar-refractivity contribution in [2.45, 2.75) is 10.4 Å². The van der Waals surface area contributed by atoms with Crippen molar-refractivity contribution >= 4 is 15.7 Å². The number of benzene rings is 1. The average Bonchev–Trinajstić information content (AvgIpc) is 2.27. The third kappa shape index (κ3) is 6.28. The number of hydrogen-bond donors (Lipinski definition) is 1. The van der Waals surface area contributed by atoms with E-state index in [0.29, 0.717) is 6.26 Å². The maximum absolute atomic E-state index is 9.08. The Bertz CT molecular complexity index is 569. The van der Waals surface area contributed by atoms with Crippen molar-refractivity contribution < 1.29 is 32.2 Å². The SMILES string of the molecule is CS(=O)(=O)[O-].N[C]1([Pd+])CC=CC=C1c1ccccc1. The van der Waals surface area contributed by atoms with Gasteiger partial charge in [-0.1, -0.05) is 0 Å². The summed E-state index contributed by atoms with van der Waals surface area (Å²) >= 11 is 3.26. The van der Waals surface area contributed by atoms with Crippen molar-refractivity contribution in [2.75, 3.05) is 6.26 Å². The van der Waals surface area contributed by atoms with E-state index >= 15 is 0 Å². The molecule has 1 aliphatic rings. The molecule has 106 valence electrons. The summed E-state index contributed by atoms with van der Waals surface area (Å²) in [6, 6.07) is 10.2. The van der Waals surface area contributed by atoms with E-state index in [1.807, 2.05) is 18.2 Å². The van der Waals surface area contributed by atoms with Gasteiger partial charge in [-0.2, -0.15) is 0 Å². The quantitative estimate of drug-likeness (QED) is 0.597. The molecule has 0 heterocycles. The Balaban J connectivity index is 0.000000312. The van der Waals surface area contributed by atoms with Crippen LogP contribution in [0.3, 0.4) is 0 Å². The predicted octanol–water partition coefficient (Wildman–Crippen LogP) is 1.39. The van der Waals surface area contributed by atoms with Gasteiger partial charge in [-0.05, 0) is 0 Å². The first kappa shape index (κ1) is 16.3.